The number of hydrogen-bond acceptors (Lipinski definition) is 7. The molecule has 0 bridgehead atoms. The Kier molecular flexibility index (Phi) is 7.53. The molecule has 0 fully saturated rings. The van der Waals surface area contributed by atoms with Gasteiger partial charge in [0.1, 0.15) is 16.1 Å². The number of nitrogens with one attached hydrogen (secondary N) is 1. The largest absolute Gasteiger partial charge is 0.355 e. The fourth-order valence-corrected chi connectivity index (χ4v) is 5.47. The Morgan fingerprint density at radius 3 is 2.90 bits per heavy atom. The van der Waals surface area contributed by atoms with Gasteiger partial charge in [0.25, 0.3) is 0 Å². The highest BCUT2D eigenvalue weighted by Gasteiger charge is 2.15. The third-order valence-corrected chi connectivity index (χ3v) is 7.51. The summed E-state index contributed by atoms with van der Waals surface area (Å²) in [5.41, 5.74) is 3.39. The van der Waals surface area contributed by atoms with Gasteiger partial charge in [-0.15, -0.1) is 0 Å². The highest BCUT2D eigenvalue weighted by Crippen LogP contribution is 2.33. The Labute approximate surface area is 191 Å². The van der Waals surface area contributed by atoms with Crippen LogP contribution in [0.5, 0.6) is 0 Å². The molecule has 0 aliphatic heterocycles. The van der Waals surface area contributed by atoms with Crippen molar-refractivity contribution in [1.29, 1.82) is 0 Å². The van der Waals surface area contributed by atoms with Gasteiger partial charge in [-0.05, 0) is 37.7 Å². The van der Waals surface area contributed by atoms with Crippen LogP contribution >= 0.6 is 23.1 Å². The van der Waals surface area contributed by atoms with E-state index in [0.29, 0.717) is 17.9 Å². The number of anilines is 1. The minimum atomic E-state index is 0.0408. The van der Waals surface area contributed by atoms with Gasteiger partial charge in [0.2, 0.25) is 5.91 Å². The van der Waals surface area contributed by atoms with Gasteiger partial charge in [0.05, 0.1) is 5.75 Å². The molecule has 8 heteroatoms. The molecule has 6 nitrogen and oxygen atoms in total. The van der Waals surface area contributed by atoms with Crippen LogP contribution in [0.25, 0.3) is 10.3 Å². The average molecular weight is 454 g/mol. The maximum Gasteiger partial charge on any atom is 0.230 e. The number of thiazole rings is 1. The molecule has 31 heavy (non-hydrogen) atoms. The summed E-state index contributed by atoms with van der Waals surface area (Å²) in [6.07, 6.45) is 9.74. The number of allylic oxidation sites excluding steroid dienone is 1. The molecular weight excluding hydrogens is 426 g/mol. The maximum absolute atomic E-state index is 12.3. The number of nitrogens with zero attached hydrogens (tertiary/aromatic N) is 4. The van der Waals surface area contributed by atoms with E-state index in [-0.39, 0.29) is 5.91 Å². The molecule has 162 valence electrons. The zero-order chi connectivity index (χ0) is 21.5. The summed E-state index contributed by atoms with van der Waals surface area (Å²) in [5.74, 6) is 0.386. The second-order valence-electron chi connectivity index (χ2n) is 7.67. The molecule has 1 aliphatic carbocycles. The Hall–Kier alpha value is -2.45. The molecule has 0 saturated carbocycles. The molecule has 1 N–H and O–H groups in total. The van der Waals surface area contributed by atoms with Gasteiger partial charge in [0, 0.05) is 20.1 Å². The smallest absolute Gasteiger partial charge is 0.230 e. The lowest BCUT2D eigenvalue weighted by Gasteiger charge is -2.15. The number of carbonyl (C=O) groups excluding carboxylic acids is 1. The minimum Gasteiger partial charge on any atom is -0.355 e. The van der Waals surface area contributed by atoms with Crippen LogP contribution in [0.1, 0.15) is 37.7 Å². The van der Waals surface area contributed by atoms with Crippen molar-refractivity contribution < 1.29 is 4.79 Å². The van der Waals surface area contributed by atoms with Crippen LogP contribution in [-0.4, -0.2) is 40.2 Å². The summed E-state index contributed by atoms with van der Waals surface area (Å²) in [5, 5.41) is 4.74. The molecule has 0 radical (unpaired) electrons. The van der Waals surface area contributed by atoms with Gasteiger partial charge in [0.15, 0.2) is 10.8 Å². The van der Waals surface area contributed by atoms with E-state index >= 15 is 0 Å². The molecule has 1 aliphatic rings. The van der Waals surface area contributed by atoms with Gasteiger partial charge in [-0.1, -0.05) is 65.1 Å². The number of carbonyl (C=O) groups is 1. The molecule has 4 rings (SSSR count). The van der Waals surface area contributed by atoms with Crippen LogP contribution in [0, 0.1) is 0 Å². The monoisotopic (exact) mass is 453 g/mol. The van der Waals surface area contributed by atoms with Gasteiger partial charge >= 0.3 is 0 Å². The first-order valence-corrected chi connectivity index (χ1v) is 12.4. The number of fused-ring (bicyclic) bond motifs is 1. The zero-order valence-electron chi connectivity index (χ0n) is 17.7. The number of thioether (sulfide) groups is 1. The van der Waals surface area contributed by atoms with Gasteiger partial charge in [-0.3, -0.25) is 4.79 Å². The standard InChI is InChI=1S/C23H27N5OS2/c1-28(14-18-10-6-3-7-11-18)23-27-21-20(31-23)22(26-16-25-21)30-15-19(29)24-13-12-17-8-4-2-5-9-17/h3,6-8,10-11,16H,2,4-5,9,12-15H2,1H3,(H,24,29). The highest BCUT2D eigenvalue weighted by molar-refractivity contribution is 8.00. The summed E-state index contributed by atoms with van der Waals surface area (Å²) in [6, 6.07) is 10.3. The van der Waals surface area contributed by atoms with E-state index in [1.54, 1.807) is 11.3 Å². The maximum atomic E-state index is 12.3. The number of benzene rings is 1. The predicted octanol–water partition coefficient (Wildman–Crippen LogP) is 4.82. The van der Waals surface area contributed by atoms with E-state index in [0.717, 1.165) is 27.8 Å². The van der Waals surface area contributed by atoms with Crippen molar-refractivity contribution in [2.75, 3.05) is 24.2 Å². The predicted molar refractivity (Wildman–Crippen MR) is 129 cm³/mol. The Bertz CT molecular complexity index is 1050. The van der Waals surface area contributed by atoms with Crippen LogP contribution in [0.15, 0.2) is 53.3 Å². The summed E-state index contributed by atoms with van der Waals surface area (Å²) in [4.78, 5) is 27.8. The molecule has 1 amide bonds. The van der Waals surface area contributed by atoms with Crippen molar-refractivity contribution in [2.24, 2.45) is 0 Å². The molecular formula is C23H27N5OS2. The first-order chi connectivity index (χ1) is 15.2. The quantitative estimate of drug-likeness (QED) is 0.284. The molecule has 3 aromatic rings. The van der Waals surface area contributed by atoms with Crippen LogP contribution in [-0.2, 0) is 11.3 Å². The van der Waals surface area contributed by atoms with E-state index in [1.807, 2.05) is 25.2 Å². The van der Waals surface area contributed by atoms with Crippen molar-refractivity contribution in [3.63, 3.8) is 0 Å². The minimum absolute atomic E-state index is 0.0408. The first-order valence-electron chi connectivity index (χ1n) is 10.6. The number of amides is 1. The zero-order valence-corrected chi connectivity index (χ0v) is 19.3. The lowest BCUT2D eigenvalue weighted by molar-refractivity contribution is -0.118. The van der Waals surface area contributed by atoms with E-state index in [1.165, 1.54) is 54.9 Å². The second kappa shape index (κ2) is 10.7. The van der Waals surface area contributed by atoms with Gasteiger partial charge in [-0.2, -0.15) is 4.98 Å². The van der Waals surface area contributed by atoms with Crippen molar-refractivity contribution in [3.8, 4) is 0 Å². The molecule has 2 heterocycles. The van der Waals surface area contributed by atoms with Crippen LogP contribution in [0.2, 0.25) is 0 Å². The Morgan fingerprint density at radius 2 is 2.10 bits per heavy atom. The summed E-state index contributed by atoms with van der Waals surface area (Å²) in [6.45, 7) is 1.48. The highest BCUT2D eigenvalue weighted by atomic mass is 32.2. The van der Waals surface area contributed by atoms with E-state index in [9.17, 15) is 4.79 Å². The fraction of sp³-hybridized carbons (Fsp3) is 0.391. The van der Waals surface area contributed by atoms with Crippen molar-refractivity contribution in [1.82, 2.24) is 20.3 Å². The number of rotatable bonds is 9. The Balaban J connectivity index is 1.33. The normalized spacial score (nSPS) is 13.8. The van der Waals surface area contributed by atoms with E-state index < -0.39 is 0 Å². The summed E-state index contributed by atoms with van der Waals surface area (Å²) in [7, 11) is 2.03. The van der Waals surface area contributed by atoms with Crippen molar-refractivity contribution in [3.05, 3.63) is 53.9 Å². The topological polar surface area (TPSA) is 71.0 Å². The third-order valence-electron chi connectivity index (χ3n) is 5.23. The van der Waals surface area contributed by atoms with Crippen molar-refractivity contribution in [2.45, 2.75) is 43.7 Å². The van der Waals surface area contributed by atoms with Gasteiger partial charge in [-0.25, -0.2) is 9.97 Å². The average Bonchev–Trinajstić information content (AvgIpc) is 3.24. The first kappa shape index (κ1) is 21.8. The molecule has 0 atom stereocenters. The van der Waals surface area contributed by atoms with Crippen LogP contribution < -0.4 is 10.2 Å². The molecule has 0 unspecified atom stereocenters. The van der Waals surface area contributed by atoms with Crippen LogP contribution in [0.3, 0.4) is 0 Å². The Morgan fingerprint density at radius 1 is 1.23 bits per heavy atom. The molecule has 0 spiro atoms. The lowest BCUT2D eigenvalue weighted by Crippen LogP contribution is -2.26. The van der Waals surface area contributed by atoms with E-state index in [4.69, 9.17) is 0 Å². The van der Waals surface area contributed by atoms with Crippen molar-refractivity contribution >= 4 is 44.5 Å². The number of aromatic nitrogens is 3. The SMILES string of the molecule is CN(Cc1ccccc1)c1nc2ncnc(SCC(=O)NCCC3=CCCCC3)c2s1. The second-order valence-corrected chi connectivity index (χ2v) is 9.61. The summed E-state index contributed by atoms with van der Waals surface area (Å²) < 4.78 is 0.933. The lowest BCUT2D eigenvalue weighted by atomic mass is 9.97. The third kappa shape index (κ3) is 6.04. The van der Waals surface area contributed by atoms with Gasteiger partial charge < -0.3 is 10.2 Å². The molecule has 2 aromatic heterocycles. The molecule has 1 aromatic carbocycles. The fourth-order valence-electron chi connectivity index (χ4n) is 3.59. The molecule has 0 saturated heterocycles. The van der Waals surface area contributed by atoms with Crippen LogP contribution in [0.4, 0.5) is 5.13 Å². The van der Waals surface area contributed by atoms with E-state index in [2.05, 4.69) is 43.4 Å². The summed E-state index contributed by atoms with van der Waals surface area (Å²) >= 11 is 3.02. The number of hydrogen-bond donors (Lipinski definition) is 1.